The lowest BCUT2D eigenvalue weighted by Crippen LogP contribution is -2.25. The van der Waals surface area contributed by atoms with E-state index < -0.39 is 0 Å². The Morgan fingerprint density at radius 2 is 1.76 bits per heavy atom. The summed E-state index contributed by atoms with van der Waals surface area (Å²) in [6.45, 7) is 5.26. The predicted molar refractivity (Wildman–Crippen MR) is 75.1 cm³/mol. The van der Waals surface area contributed by atoms with E-state index in [2.05, 4.69) is 53.4 Å². The van der Waals surface area contributed by atoms with Crippen LogP contribution in [0.2, 0.25) is 0 Å². The standard InChI is InChI=1S/C14H16N2S/c1-9-3-10(2)5-11(4-9)12-6-15-13-7-17-8-14(13)16-12/h3-5,7-8,12,15-16H,6H2,1-2H3. The summed E-state index contributed by atoms with van der Waals surface area (Å²) in [4.78, 5) is 0. The highest BCUT2D eigenvalue weighted by molar-refractivity contribution is 7.09. The number of benzene rings is 1. The number of fused-ring (bicyclic) bond motifs is 1. The maximum atomic E-state index is 3.60. The van der Waals surface area contributed by atoms with Crippen molar-refractivity contribution < 1.29 is 0 Å². The number of hydrogen-bond donors (Lipinski definition) is 2. The Bertz CT molecular complexity index is 525. The monoisotopic (exact) mass is 244 g/mol. The van der Waals surface area contributed by atoms with Crippen LogP contribution in [0.15, 0.2) is 29.0 Å². The molecule has 1 atom stereocenters. The van der Waals surface area contributed by atoms with Gasteiger partial charge in [0.2, 0.25) is 0 Å². The molecule has 0 amide bonds. The van der Waals surface area contributed by atoms with Crippen LogP contribution in [-0.4, -0.2) is 6.54 Å². The van der Waals surface area contributed by atoms with Gasteiger partial charge in [-0.2, -0.15) is 0 Å². The third-order valence-electron chi connectivity index (χ3n) is 3.13. The molecule has 1 aliphatic heterocycles. The molecule has 0 bridgehead atoms. The molecule has 2 heterocycles. The maximum Gasteiger partial charge on any atom is 0.0690 e. The van der Waals surface area contributed by atoms with E-state index in [4.69, 9.17) is 0 Å². The summed E-state index contributed by atoms with van der Waals surface area (Å²) in [5, 5.41) is 11.4. The van der Waals surface area contributed by atoms with E-state index in [0.717, 1.165) is 6.54 Å². The normalized spacial score (nSPS) is 18.1. The van der Waals surface area contributed by atoms with Crippen molar-refractivity contribution in [3.8, 4) is 0 Å². The van der Waals surface area contributed by atoms with Crippen molar-refractivity contribution in [1.82, 2.24) is 0 Å². The topological polar surface area (TPSA) is 24.1 Å². The first-order valence-corrected chi connectivity index (χ1v) is 6.81. The lowest BCUT2D eigenvalue weighted by molar-refractivity contribution is 0.803. The van der Waals surface area contributed by atoms with Gasteiger partial charge in [-0.1, -0.05) is 29.3 Å². The van der Waals surface area contributed by atoms with E-state index in [1.807, 2.05) is 0 Å². The van der Waals surface area contributed by atoms with Crippen LogP contribution < -0.4 is 10.6 Å². The van der Waals surface area contributed by atoms with Crippen molar-refractivity contribution in [2.45, 2.75) is 19.9 Å². The van der Waals surface area contributed by atoms with Crippen molar-refractivity contribution in [1.29, 1.82) is 0 Å². The summed E-state index contributed by atoms with van der Waals surface area (Å²) in [6, 6.07) is 7.12. The van der Waals surface area contributed by atoms with E-state index in [0.29, 0.717) is 6.04 Å². The molecule has 3 rings (SSSR count). The molecule has 2 nitrogen and oxygen atoms in total. The van der Waals surface area contributed by atoms with Gasteiger partial charge in [-0.3, -0.25) is 0 Å². The van der Waals surface area contributed by atoms with Crippen LogP contribution in [0.4, 0.5) is 11.4 Å². The molecule has 2 N–H and O–H groups in total. The third kappa shape index (κ3) is 2.03. The SMILES string of the molecule is Cc1cc(C)cc(C2CNc3cscc3N2)c1. The van der Waals surface area contributed by atoms with Crippen LogP contribution >= 0.6 is 11.3 Å². The van der Waals surface area contributed by atoms with Gasteiger partial charge in [0.1, 0.15) is 0 Å². The largest absolute Gasteiger partial charge is 0.380 e. The van der Waals surface area contributed by atoms with Gasteiger partial charge in [-0.05, 0) is 19.4 Å². The van der Waals surface area contributed by atoms with Gasteiger partial charge >= 0.3 is 0 Å². The first-order chi connectivity index (χ1) is 8.22. The van der Waals surface area contributed by atoms with E-state index in [1.165, 1.54) is 28.1 Å². The minimum absolute atomic E-state index is 0.371. The van der Waals surface area contributed by atoms with Crippen molar-refractivity contribution in [2.24, 2.45) is 0 Å². The quantitative estimate of drug-likeness (QED) is 0.794. The van der Waals surface area contributed by atoms with Gasteiger partial charge < -0.3 is 10.6 Å². The minimum Gasteiger partial charge on any atom is -0.380 e. The fourth-order valence-electron chi connectivity index (χ4n) is 2.41. The summed E-state index contributed by atoms with van der Waals surface area (Å²) in [6.07, 6.45) is 0. The Hall–Kier alpha value is -1.48. The van der Waals surface area contributed by atoms with Crippen molar-refractivity contribution in [3.05, 3.63) is 45.6 Å². The summed E-state index contributed by atoms with van der Waals surface area (Å²) in [5.74, 6) is 0. The zero-order chi connectivity index (χ0) is 11.8. The molecular weight excluding hydrogens is 228 g/mol. The first kappa shape index (κ1) is 10.7. The Morgan fingerprint density at radius 3 is 2.53 bits per heavy atom. The van der Waals surface area contributed by atoms with Gasteiger partial charge in [-0.15, -0.1) is 11.3 Å². The molecular formula is C14H16N2S. The Kier molecular flexibility index (Phi) is 2.56. The molecule has 0 fully saturated rings. The molecule has 1 aliphatic rings. The molecule has 0 aliphatic carbocycles. The zero-order valence-corrected chi connectivity index (χ0v) is 10.9. The molecule has 0 radical (unpaired) electrons. The van der Waals surface area contributed by atoms with Crippen molar-refractivity contribution in [2.75, 3.05) is 17.2 Å². The van der Waals surface area contributed by atoms with Crippen LogP contribution in [0.5, 0.6) is 0 Å². The molecule has 17 heavy (non-hydrogen) atoms. The van der Waals surface area contributed by atoms with Gasteiger partial charge in [0.15, 0.2) is 0 Å². The van der Waals surface area contributed by atoms with Crippen molar-refractivity contribution in [3.63, 3.8) is 0 Å². The second-order valence-electron chi connectivity index (χ2n) is 4.70. The molecule has 1 aromatic heterocycles. The van der Waals surface area contributed by atoms with E-state index in [1.54, 1.807) is 11.3 Å². The van der Waals surface area contributed by atoms with E-state index >= 15 is 0 Å². The Morgan fingerprint density at radius 1 is 1.06 bits per heavy atom. The second-order valence-corrected chi connectivity index (χ2v) is 5.44. The molecule has 1 aromatic carbocycles. The lowest BCUT2D eigenvalue weighted by Gasteiger charge is -2.27. The van der Waals surface area contributed by atoms with E-state index in [9.17, 15) is 0 Å². The first-order valence-electron chi connectivity index (χ1n) is 5.87. The van der Waals surface area contributed by atoms with Gasteiger partial charge in [0.05, 0.1) is 17.4 Å². The number of hydrogen-bond acceptors (Lipinski definition) is 3. The molecule has 88 valence electrons. The summed E-state index contributed by atoms with van der Waals surface area (Å²) in [7, 11) is 0. The highest BCUT2D eigenvalue weighted by Crippen LogP contribution is 2.34. The summed E-state index contributed by atoms with van der Waals surface area (Å²) >= 11 is 1.73. The molecule has 3 heteroatoms. The number of anilines is 2. The number of thiophene rings is 1. The number of rotatable bonds is 1. The van der Waals surface area contributed by atoms with Gasteiger partial charge in [0, 0.05) is 17.3 Å². The zero-order valence-electron chi connectivity index (χ0n) is 10.1. The highest BCUT2D eigenvalue weighted by Gasteiger charge is 2.19. The third-order valence-corrected chi connectivity index (χ3v) is 3.88. The highest BCUT2D eigenvalue weighted by atomic mass is 32.1. The van der Waals surface area contributed by atoms with Crippen LogP contribution in [0.3, 0.4) is 0 Å². The fourth-order valence-corrected chi connectivity index (χ4v) is 3.15. The molecule has 0 saturated carbocycles. The fraction of sp³-hybridized carbons (Fsp3) is 0.286. The lowest BCUT2D eigenvalue weighted by atomic mass is 10.00. The molecule has 0 saturated heterocycles. The summed E-state index contributed by atoms with van der Waals surface area (Å²) in [5.41, 5.74) is 6.49. The maximum absolute atomic E-state index is 3.60. The van der Waals surface area contributed by atoms with Gasteiger partial charge in [0.25, 0.3) is 0 Å². The van der Waals surface area contributed by atoms with Crippen molar-refractivity contribution >= 4 is 22.7 Å². The van der Waals surface area contributed by atoms with Crippen LogP contribution in [0.1, 0.15) is 22.7 Å². The average Bonchev–Trinajstić information content (AvgIpc) is 2.74. The Balaban J connectivity index is 1.91. The molecule has 1 unspecified atom stereocenters. The number of nitrogens with one attached hydrogen (secondary N) is 2. The minimum atomic E-state index is 0.371. The van der Waals surface area contributed by atoms with Gasteiger partial charge in [-0.25, -0.2) is 0 Å². The van der Waals surface area contributed by atoms with E-state index in [-0.39, 0.29) is 0 Å². The Labute approximate surface area is 106 Å². The smallest absolute Gasteiger partial charge is 0.0690 e. The molecule has 0 spiro atoms. The molecule has 2 aromatic rings. The van der Waals surface area contributed by atoms with Crippen LogP contribution in [0.25, 0.3) is 0 Å². The van der Waals surface area contributed by atoms with Crippen LogP contribution in [-0.2, 0) is 0 Å². The second kappa shape index (κ2) is 4.08. The number of aryl methyl sites for hydroxylation is 2. The predicted octanol–water partition coefficient (Wildman–Crippen LogP) is 3.94. The average molecular weight is 244 g/mol. The summed E-state index contributed by atoms with van der Waals surface area (Å²) < 4.78 is 0. The van der Waals surface area contributed by atoms with Crippen LogP contribution in [0, 0.1) is 13.8 Å².